The molecule has 1 aliphatic heterocycles. The van der Waals surface area contributed by atoms with Crippen LogP contribution in [-0.4, -0.2) is 64.4 Å². The van der Waals surface area contributed by atoms with Gasteiger partial charge in [0.1, 0.15) is 17.3 Å². The van der Waals surface area contributed by atoms with Crippen molar-refractivity contribution in [3.05, 3.63) is 16.8 Å². The van der Waals surface area contributed by atoms with Crippen LogP contribution in [0.25, 0.3) is 10.2 Å². The molecule has 1 saturated heterocycles. The number of carboxylic acid groups (broad SMARTS) is 1. The van der Waals surface area contributed by atoms with E-state index in [0.29, 0.717) is 24.8 Å². The highest BCUT2D eigenvalue weighted by Crippen LogP contribution is 2.45. The molecule has 3 heterocycles. The summed E-state index contributed by atoms with van der Waals surface area (Å²) in [6, 6.07) is 0.629. The van der Waals surface area contributed by atoms with Crippen molar-refractivity contribution in [1.29, 1.82) is 0 Å². The van der Waals surface area contributed by atoms with Gasteiger partial charge in [0.05, 0.1) is 24.0 Å². The van der Waals surface area contributed by atoms with E-state index >= 15 is 0 Å². The topological polar surface area (TPSA) is 84.8 Å². The van der Waals surface area contributed by atoms with Crippen molar-refractivity contribution in [1.82, 2.24) is 14.9 Å². The first-order valence-electron chi connectivity index (χ1n) is 11.0. The highest BCUT2D eigenvalue weighted by Gasteiger charge is 2.39. The van der Waals surface area contributed by atoms with Crippen molar-refractivity contribution in [3.63, 3.8) is 0 Å². The number of nitrogens with zero attached hydrogens (tertiary/aromatic N) is 3. The van der Waals surface area contributed by atoms with E-state index in [1.54, 1.807) is 17.7 Å². The predicted octanol–water partition coefficient (Wildman–Crippen LogP) is 3.29. The molecular formula is C22H29N3O4S. The minimum absolute atomic E-state index is 0.158. The number of aromatic nitrogens is 2. The zero-order valence-electron chi connectivity index (χ0n) is 17.4. The monoisotopic (exact) mass is 431 g/mol. The molecule has 0 bridgehead atoms. The number of carbonyl (C=O) groups is 1. The molecular weight excluding hydrogens is 402 g/mol. The molecule has 1 unspecified atom stereocenters. The fraction of sp³-hybridized carbons (Fsp3) is 0.682. The van der Waals surface area contributed by atoms with Gasteiger partial charge in [0.2, 0.25) is 5.88 Å². The molecule has 30 heavy (non-hydrogen) atoms. The van der Waals surface area contributed by atoms with Crippen molar-refractivity contribution in [2.75, 3.05) is 26.3 Å². The summed E-state index contributed by atoms with van der Waals surface area (Å²) in [5.41, 5.74) is 0.355. The maximum absolute atomic E-state index is 11.8. The summed E-state index contributed by atoms with van der Waals surface area (Å²) in [5, 5.41) is 10.7. The van der Waals surface area contributed by atoms with Gasteiger partial charge in [0.25, 0.3) is 0 Å². The van der Waals surface area contributed by atoms with Crippen LogP contribution in [0.3, 0.4) is 0 Å². The summed E-state index contributed by atoms with van der Waals surface area (Å²) in [7, 11) is 0. The number of rotatable bonds is 4. The number of hydrogen-bond acceptors (Lipinski definition) is 7. The Bertz CT molecular complexity index is 934. The fourth-order valence-corrected chi connectivity index (χ4v) is 6.31. The maximum atomic E-state index is 11.8. The van der Waals surface area contributed by atoms with Crippen LogP contribution in [-0.2, 0) is 22.4 Å². The van der Waals surface area contributed by atoms with Gasteiger partial charge >= 0.3 is 5.97 Å². The van der Waals surface area contributed by atoms with Gasteiger partial charge in [0.15, 0.2) is 0 Å². The van der Waals surface area contributed by atoms with Gasteiger partial charge in [-0.15, -0.1) is 11.3 Å². The van der Waals surface area contributed by atoms with E-state index in [1.807, 2.05) is 6.92 Å². The van der Waals surface area contributed by atoms with Crippen molar-refractivity contribution >= 4 is 27.5 Å². The Morgan fingerprint density at radius 1 is 1.27 bits per heavy atom. The van der Waals surface area contributed by atoms with E-state index in [-0.39, 0.29) is 6.10 Å². The number of fused-ring (bicyclic) bond motifs is 3. The second-order valence-corrected chi connectivity index (χ2v) is 10.2. The lowest BCUT2D eigenvalue weighted by Crippen LogP contribution is -2.46. The summed E-state index contributed by atoms with van der Waals surface area (Å²) < 4.78 is 11.9. The third kappa shape index (κ3) is 3.69. The first kappa shape index (κ1) is 20.2. The lowest BCUT2D eigenvalue weighted by atomic mass is 9.75. The highest BCUT2D eigenvalue weighted by molar-refractivity contribution is 7.18. The average Bonchev–Trinajstić information content (AvgIpc) is 3.13. The van der Waals surface area contributed by atoms with Crippen molar-refractivity contribution in [2.45, 2.75) is 64.0 Å². The molecule has 5 rings (SSSR count). The van der Waals surface area contributed by atoms with Crippen LogP contribution in [0.1, 0.15) is 49.5 Å². The number of thiophene rings is 1. The lowest BCUT2D eigenvalue weighted by molar-refractivity contribution is -0.148. The van der Waals surface area contributed by atoms with E-state index in [1.165, 1.54) is 4.88 Å². The second-order valence-electron chi connectivity index (χ2n) is 9.10. The molecule has 1 N–H and O–H groups in total. The second kappa shape index (κ2) is 8.05. The first-order valence-corrected chi connectivity index (χ1v) is 11.8. The zero-order valence-corrected chi connectivity index (χ0v) is 18.2. The molecule has 162 valence electrons. The molecule has 3 aliphatic rings. The molecule has 0 radical (unpaired) electrons. The molecule has 0 spiro atoms. The van der Waals surface area contributed by atoms with Crippen LogP contribution >= 0.6 is 11.3 Å². The quantitative estimate of drug-likeness (QED) is 0.795. The van der Waals surface area contributed by atoms with Crippen LogP contribution in [0.4, 0.5) is 0 Å². The molecule has 1 atom stereocenters. The smallest absolute Gasteiger partial charge is 0.309 e. The molecule has 2 fully saturated rings. The minimum atomic E-state index is -0.732. The molecule has 1 saturated carbocycles. The Morgan fingerprint density at radius 2 is 2.03 bits per heavy atom. The zero-order chi connectivity index (χ0) is 20.7. The molecule has 8 heteroatoms. The van der Waals surface area contributed by atoms with Gasteiger partial charge in [0, 0.05) is 24.0 Å². The number of aryl methyl sites for hydroxylation is 1. The van der Waals surface area contributed by atoms with Crippen LogP contribution in [0.2, 0.25) is 0 Å². The Kier molecular flexibility index (Phi) is 5.41. The summed E-state index contributed by atoms with van der Waals surface area (Å²) >= 11 is 1.66. The summed E-state index contributed by atoms with van der Waals surface area (Å²) in [5.74, 6) is -0.0878. The van der Waals surface area contributed by atoms with Crippen molar-refractivity contribution in [2.24, 2.45) is 5.41 Å². The van der Waals surface area contributed by atoms with E-state index in [2.05, 4.69) is 14.9 Å². The summed E-state index contributed by atoms with van der Waals surface area (Å²) in [6.07, 6.45) is 8.01. The van der Waals surface area contributed by atoms with Gasteiger partial charge in [-0.05, 0) is 57.4 Å². The molecule has 2 aromatic heterocycles. The van der Waals surface area contributed by atoms with Crippen LogP contribution in [0.5, 0.6) is 5.88 Å². The Morgan fingerprint density at radius 3 is 2.77 bits per heavy atom. The lowest BCUT2D eigenvalue weighted by Gasteiger charge is -2.38. The highest BCUT2D eigenvalue weighted by atomic mass is 32.1. The van der Waals surface area contributed by atoms with Crippen LogP contribution in [0, 0.1) is 5.41 Å². The number of aliphatic carboxylic acids is 1. The Balaban J connectivity index is 1.33. The maximum Gasteiger partial charge on any atom is 0.309 e. The number of ether oxygens (including phenoxy) is 2. The van der Waals surface area contributed by atoms with Crippen LogP contribution in [0.15, 0.2) is 6.33 Å². The number of morpholine rings is 1. The predicted molar refractivity (Wildman–Crippen MR) is 114 cm³/mol. The third-order valence-electron chi connectivity index (χ3n) is 7.11. The van der Waals surface area contributed by atoms with Crippen LogP contribution < -0.4 is 4.74 Å². The number of hydrogen-bond donors (Lipinski definition) is 1. The molecule has 2 aliphatic carbocycles. The molecule has 0 aromatic carbocycles. The van der Waals surface area contributed by atoms with E-state index in [0.717, 1.165) is 74.2 Å². The average molecular weight is 432 g/mol. The fourth-order valence-electron chi connectivity index (χ4n) is 5.17. The molecule has 0 amide bonds. The van der Waals surface area contributed by atoms with E-state index in [4.69, 9.17) is 9.47 Å². The van der Waals surface area contributed by atoms with Crippen molar-refractivity contribution in [3.8, 4) is 5.88 Å². The molecule has 2 aromatic rings. The van der Waals surface area contributed by atoms with E-state index in [9.17, 15) is 9.90 Å². The first-order chi connectivity index (χ1) is 14.5. The van der Waals surface area contributed by atoms with E-state index < -0.39 is 11.4 Å². The minimum Gasteiger partial charge on any atom is -0.481 e. The Hall–Kier alpha value is -1.77. The normalized spacial score (nSPS) is 30.2. The SMILES string of the molecule is CC1(C(=O)O)CCc2sc3ncnc(O[C@H]4CC[C@H](N5CCOCC5)CC4)c3c2C1. The summed E-state index contributed by atoms with van der Waals surface area (Å²) in [4.78, 5) is 25.5. The van der Waals surface area contributed by atoms with Gasteiger partial charge in [-0.25, -0.2) is 9.97 Å². The standard InChI is InChI=1S/C22H29N3O4S/c1-22(21(26)27)7-6-17-16(12-22)18-19(23-13-24-20(18)30-17)29-15-4-2-14(3-5-15)25-8-10-28-11-9-25/h13-15H,2-12H2,1H3,(H,26,27)/t14-,15-,22?. The van der Waals surface area contributed by atoms with Gasteiger partial charge < -0.3 is 14.6 Å². The third-order valence-corrected chi connectivity index (χ3v) is 8.31. The van der Waals surface area contributed by atoms with Crippen molar-refractivity contribution < 1.29 is 19.4 Å². The molecule has 7 nitrogen and oxygen atoms in total. The summed E-state index contributed by atoms with van der Waals surface area (Å²) in [6.45, 7) is 5.60. The van der Waals surface area contributed by atoms with Gasteiger partial charge in [-0.2, -0.15) is 0 Å². The largest absolute Gasteiger partial charge is 0.481 e. The number of carboxylic acids is 1. The van der Waals surface area contributed by atoms with Gasteiger partial charge in [-0.3, -0.25) is 9.69 Å². The van der Waals surface area contributed by atoms with Gasteiger partial charge in [-0.1, -0.05) is 0 Å². The Labute approximate surface area is 180 Å².